The fraction of sp³-hybridized carbons (Fsp3) is 0.217. The van der Waals surface area contributed by atoms with E-state index in [9.17, 15) is 0 Å². The van der Waals surface area contributed by atoms with E-state index in [2.05, 4.69) is 202 Å². The molecule has 9 aromatic carbocycles. The summed E-state index contributed by atoms with van der Waals surface area (Å²) in [6, 6.07) is 72.9. The summed E-state index contributed by atoms with van der Waals surface area (Å²) < 4.78 is 1.23. The molecule has 0 radical (unpaired) electrons. The Morgan fingerprint density at radius 3 is 1.33 bits per heavy atom. The second-order valence-corrected chi connectivity index (χ2v) is 35.9. The van der Waals surface area contributed by atoms with Crippen LogP contribution in [0.15, 0.2) is 194 Å². The number of halogens is 4. The van der Waals surface area contributed by atoms with Crippen LogP contribution in [0.4, 0.5) is 0 Å². The first-order valence-electron chi connectivity index (χ1n) is 25.9. The van der Waals surface area contributed by atoms with E-state index in [1.54, 1.807) is 5.19 Å². The van der Waals surface area contributed by atoms with Crippen molar-refractivity contribution < 1.29 is 49.0 Å². The van der Waals surface area contributed by atoms with Crippen LogP contribution in [0.25, 0.3) is 55.6 Å². The number of rotatable bonds is 8. The first kappa shape index (κ1) is 60.7. The van der Waals surface area contributed by atoms with Crippen LogP contribution in [-0.2, 0) is 41.5 Å². The van der Waals surface area contributed by atoms with E-state index >= 15 is 0 Å². The maximum Gasteiger partial charge on any atom is -0.172 e. The minimum absolute atomic E-state index is 0. The normalized spacial score (nSPS) is 11.9. The number of benzene rings is 8. The van der Waals surface area contributed by atoms with Crippen molar-refractivity contribution in [3.05, 3.63) is 244 Å². The Bertz CT molecular complexity index is 3190. The summed E-state index contributed by atoms with van der Waals surface area (Å²) in [6.45, 7) is 29.0. The Hall–Kier alpha value is -4.54. The predicted octanol–water partition coefficient (Wildman–Crippen LogP) is 12.9. The molecule has 0 amide bonds. The maximum absolute atomic E-state index is 6.60. The van der Waals surface area contributed by atoms with Crippen LogP contribution in [0.2, 0.25) is 49.3 Å². The quantitative estimate of drug-likeness (QED) is 0.105. The van der Waals surface area contributed by atoms with Crippen LogP contribution in [-0.4, -0.2) is 19.4 Å². The van der Waals surface area contributed by atoms with Gasteiger partial charge in [0.25, 0.3) is 0 Å². The van der Waals surface area contributed by atoms with Crippen molar-refractivity contribution in [2.45, 2.75) is 98.1 Å². The molecule has 76 heavy (non-hydrogen) atoms. The summed E-state index contributed by atoms with van der Waals surface area (Å²) in [5.74, 6) is 0. The van der Waals surface area contributed by atoms with Crippen LogP contribution in [0.5, 0.6) is 0 Å². The zero-order chi connectivity index (χ0) is 53.2. The fourth-order valence-corrected chi connectivity index (χ4v) is 14.7. The smallest absolute Gasteiger partial charge is 0.172 e. The van der Waals surface area contributed by atoms with Crippen LogP contribution in [0, 0.1) is 6.07 Å². The van der Waals surface area contributed by atoms with E-state index in [0.717, 1.165) is 49.8 Å². The average Bonchev–Trinajstić information content (AvgIpc) is 4.07. The van der Waals surface area contributed by atoms with Gasteiger partial charge in [-0.25, -0.2) is 12.1 Å². The van der Waals surface area contributed by atoms with E-state index in [0.29, 0.717) is 0 Å². The molecule has 10 rings (SSSR count). The third-order valence-electron chi connectivity index (χ3n) is 13.9. The van der Waals surface area contributed by atoms with Gasteiger partial charge in [0.2, 0.25) is 0 Å². The third kappa shape index (κ3) is 14.0. The molecule has 9 aromatic rings. The number of fused-ring (bicyclic) bond motifs is 3. The Kier molecular flexibility index (Phi) is 20.0. The van der Waals surface area contributed by atoms with Gasteiger partial charge in [0.1, 0.15) is 0 Å². The Morgan fingerprint density at radius 2 is 0.895 bits per heavy atom. The molecule has 388 valence electrons. The molecule has 0 unspecified atom stereocenters. The minimum atomic E-state index is -1.54. The predicted molar refractivity (Wildman–Crippen MR) is 327 cm³/mol. The number of hydrogen-bond donors (Lipinski definition) is 0. The molecule has 1 aliphatic carbocycles. The van der Waals surface area contributed by atoms with E-state index in [4.69, 9.17) is 23.2 Å². The monoisotopic (exact) mass is 1180 g/mol. The van der Waals surface area contributed by atoms with Gasteiger partial charge in [-0.3, -0.25) is 0 Å². The zero-order valence-corrected chi connectivity index (χ0v) is 53.7. The molecule has 0 aromatic heterocycles. The molecule has 0 fully saturated rings. The maximum atomic E-state index is 6.60. The third-order valence-corrected chi connectivity index (χ3v) is 20.1. The first-order chi connectivity index (χ1) is 35.0. The Labute approximate surface area is 494 Å². The molecule has 0 saturated carbocycles. The van der Waals surface area contributed by atoms with Gasteiger partial charge in [-0.1, -0.05) is 169 Å². The first-order valence-corrected chi connectivity index (χ1v) is 34.9. The van der Waals surface area contributed by atoms with Crippen molar-refractivity contribution in [3.63, 3.8) is 0 Å². The summed E-state index contributed by atoms with van der Waals surface area (Å²) in [7, 11) is -3.07. The second-order valence-electron chi connectivity index (χ2n) is 23.7. The van der Waals surface area contributed by atoms with Gasteiger partial charge in [0.15, 0.2) is 0 Å². The van der Waals surface area contributed by atoms with Crippen LogP contribution >= 0.6 is 23.2 Å². The van der Waals surface area contributed by atoms with Crippen molar-refractivity contribution in [3.8, 4) is 55.6 Å². The van der Waals surface area contributed by atoms with Gasteiger partial charge in [0.05, 0.1) is 16.1 Å². The topological polar surface area (TPSA) is 0 Å². The van der Waals surface area contributed by atoms with Gasteiger partial charge in [0, 0.05) is 0 Å². The summed E-state index contributed by atoms with van der Waals surface area (Å²) in [4.78, 5) is 0. The summed E-state index contributed by atoms with van der Waals surface area (Å²) in [5.41, 5.74) is 20.6. The standard InChI is InChI=1S/C39H49Si2.C25H16Cl2.C5H5.2ClH.Zr/c1-38(2,3)34-24-30-26(22-32(34)28-17-13-15-19-36(28)40(7,8)9)21-27-23-33(35(25-31(27)30)39(4,5)6)29-18-14-16-20-37(29)41(10,11)12;26-24-16-18(11-13-22(24)20-7-3-1-4-8-20)15-19-12-14-23(25(27)17-19)21-9-5-2-6-10-21;1-2-4-5-3-1;;;/h13-20,22,24-25H,21H2,1-12H3;1-14,16-17H;1-5H;2*1H;/q-1;;-1;;;+2/p-2. The fourth-order valence-electron chi connectivity index (χ4n) is 10.1. The second kappa shape index (κ2) is 25.1. The largest absolute Gasteiger partial charge is 1.00 e. The minimum Gasteiger partial charge on any atom is -1.00 e. The van der Waals surface area contributed by atoms with Crippen molar-refractivity contribution in [1.82, 2.24) is 0 Å². The van der Waals surface area contributed by atoms with E-state index < -0.39 is 16.1 Å². The van der Waals surface area contributed by atoms with Crippen molar-refractivity contribution in [2.75, 3.05) is 0 Å². The van der Waals surface area contributed by atoms with E-state index in [1.165, 1.54) is 88.3 Å². The van der Waals surface area contributed by atoms with Crippen LogP contribution < -0.4 is 35.2 Å². The van der Waals surface area contributed by atoms with Gasteiger partial charge in [-0.2, -0.15) is 18.2 Å². The van der Waals surface area contributed by atoms with Crippen LogP contribution in [0.3, 0.4) is 0 Å². The molecule has 7 heteroatoms. The molecule has 0 bridgehead atoms. The molecule has 0 spiro atoms. The van der Waals surface area contributed by atoms with Crippen molar-refractivity contribution in [1.29, 1.82) is 0 Å². The van der Waals surface area contributed by atoms with Gasteiger partial charge in [-0.05, 0) is 39.5 Å². The summed E-state index contributed by atoms with van der Waals surface area (Å²) in [6.07, 6.45) is 0.948. The average molecular weight is 1190 g/mol. The Morgan fingerprint density at radius 1 is 0.461 bits per heavy atom. The molecule has 0 N–H and O–H groups in total. The molecule has 0 heterocycles. The van der Waals surface area contributed by atoms with Gasteiger partial charge < -0.3 is 24.8 Å². The van der Waals surface area contributed by atoms with Gasteiger partial charge in [-0.15, -0.1) is 28.8 Å². The summed E-state index contributed by atoms with van der Waals surface area (Å²) in [5, 5.41) is 4.59. The molecule has 0 saturated heterocycles. The molecular formula is C69H70Cl4Si2Zr-2. The molecule has 0 atom stereocenters. The SMILES string of the molecule is CC(C)(C)c1cc2c([c-]c1-c1ccccc1[Si](C)(C)C)Cc1cc(-c3ccccc3[Si](C)(C)C)c(C(C)(C)C)cc1-2.Clc1cc([C](=[Zr+2])c2ccc(-c3ccccc3)c(Cl)c2)ccc1-c1ccccc1.[Cl-].[Cl-].c1cc[cH-]c1. The summed E-state index contributed by atoms with van der Waals surface area (Å²) >= 11 is 14.5. The van der Waals surface area contributed by atoms with E-state index in [1.807, 2.05) is 78.9 Å². The zero-order valence-electron chi connectivity index (χ0n) is 46.2. The molecular weight excluding hydrogens is 1120 g/mol. The van der Waals surface area contributed by atoms with Crippen LogP contribution in [0.1, 0.15) is 74.9 Å². The Balaban J connectivity index is 0.000000232. The van der Waals surface area contributed by atoms with Gasteiger partial charge >= 0.3 is 191 Å². The molecule has 0 aliphatic heterocycles. The van der Waals surface area contributed by atoms with E-state index in [-0.39, 0.29) is 35.6 Å². The number of hydrogen-bond acceptors (Lipinski definition) is 0. The van der Waals surface area contributed by atoms with Crippen molar-refractivity contribution in [2.24, 2.45) is 0 Å². The molecule has 0 nitrogen and oxygen atoms in total. The van der Waals surface area contributed by atoms with Crippen molar-refractivity contribution >= 4 is 52.9 Å². The molecule has 1 aliphatic rings.